The summed E-state index contributed by atoms with van der Waals surface area (Å²) < 4.78 is 10.8. The van der Waals surface area contributed by atoms with Crippen molar-refractivity contribution < 1.29 is 19.1 Å². The number of carbonyl (C=O) groups is 2. The Labute approximate surface area is 140 Å². The highest BCUT2D eigenvalue weighted by Gasteiger charge is 2.33. The van der Waals surface area contributed by atoms with Crippen LogP contribution in [0.2, 0.25) is 0 Å². The summed E-state index contributed by atoms with van der Waals surface area (Å²) in [6, 6.07) is 16.5. The zero-order valence-corrected chi connectivity index (χ0v) is 13.4. The first-order chi connectivity index (χ1) is 11.6. The Hall–Kier alpha value is -2.82. The van der Waals surface area contributed by atoms with E-state index in [9.17, 15) is 9.59 Å². The minimum absolute atomic E-state index is 0.0188. The number of esters is 1. The average Bonchev–Trinajstić information content (AvgIpc) is 3.42. The topological polar surface area (TPSA) is 64.6 Å². The van der Waals surface area contributed by atoms with Gasteiger partial charge in [0.2, 0.25) is 0 Å². The molecule has 2 aromatic carbocycles. The highest BCUT2D eigenvalue weighted by atomic mass is 16.5. The van der Waals surface area contributed by atoms with Crippen LogP contribution in [-0.2, 0) is 14.3 Å². The summed E-state index contributed by atoms with van der Waals surface area (Å²) in [4.78, 5) is 23.6. The van der Waals surface area contributed by atoms with Crippen molar-refractivity contribution in [3.05, 3.63) is 54.6 Å². The molecule has 5 nitrogen and oxygen atoms in total. The normalized spacial score (nSPS) is 14.5. The molecule has 0 radical (unpaired) electrons. The fraction of sp³-hybridized carbons (Fsp3) is 0.263. The number of ether oxygens (including phenoxy) is 2. The van der Waals surface area contributed by atoms with Crippen LogP contribution in [-0.4, -0.2) is 18.0 Å². The van der Waals surface area contributed by atoms with E-state index in [2.05, 4.69) is 5.32 Å². The fourth-order valence-electron chi connectivity index (χ4n) is 2.12. The molecule has 2 aromatic rings. The molecular weight excluding hydrogens is 306 g/mol. The summed E-state index contributed by atoms with van der Waals surface area (Å²) >= 11 is 0. The molecule has 0 aliphatic heterocycles. The lowest BCUT2D eigenvalue weighted by Gasteiger charge is -2.13. The van der Waals surface area contributed by atoms with Gasteiger partial charge in [0, 0.05) is 5.69 Å². The monoisotopic (exact) mass is 325 g/mol. The van der Waals surface area contributed by atoms with Crippen molar-refractivity contribution in [1.82, 2.24) is 0 Å². The number of rotatable bonds is 6. The molecule has 1 unspecified atom stereocenters. The van der Waals surface area contributed by atoms with E-state index in [1.54, 1.807) is 31.2 Å². The molecule has 1 fully saturated rings. The van der Waals surface area contributed by atoms with E-state index in [0.717, 1.165) is 18.6 Å². The van der Waals surface area contributed by atoms with Gasteiger partial charge in [-0.25, -0.2) is 0 Å². The van der Waals surface area contributed by atoms with Gasteiger partial charge in [0.15, 0.2) is 6.10 Å². The van der Waals surface area contributed by atoms with Crippen LogP contribution < -0.4 is 10.1 Å². The number of anilines is 1. The van der Waals surface area contributed by atoms with Crippen LogP contribution in [0.4, 0.5) is 5.69 Å². The van der Waals surface area contributed by atoms with Gasteiger partial charge in [-0.05, 0) is 56.2 Å². The molecule has 1 N–H and O–H groups in total. The minimum Gasteiger partial charge on any atom is -0.457 e. The van der Waals surface area contributed by atoms with E-state index in [-0.39, 0.29) is 17.8 Å². The van der Waals surface area contributed by atoms with E-state index in [0.29, 0.717) is 11.4 Å². The second-order valence-electron chi connectivity index (χ2n) is 5.78. The van der Waals surface area contributed by atoms with Gasteiger partial charge in [-0.15, -0.1) is 0 Å². The third-order valence-corrected chi connectivity index (χ3v) is 3.67. The molecule has 0 bridgehead atoms. The molecule has 5 heteroatoms. The molecule has 1 amide bonds. The molecular formula is C19H19NO4. The maximum atomic E-state index is 12.0. The molecule has 1 aliphatic rings. The average molecular weight is 325 g/mol. The van der Waals surface area contributed by atoms with Gasteiger partial charge in [0.05, 0.1) is 5.92 Å². The van der Waals surface area contributed by atoms with Crippen molar-refractivity contribution in [3.8, 4) is 11.5 Å². The lowest BCUT2D eigenvalue weighted by atomic mass is 10.2. The van der Waals surface area contributed by atoms with Crippen LogP contribution in [0.1, 0.15) is 19.8 Å². The lowest BCUT2D eigenvalue weighted by molar-refractivity contribution is -0.154. The number of benzene rings is 2. The van der Waals surface area contributed by atoms with Crippen LogP contribution in [0.25, 0.3) is 0 Å². The number of para-hydroxylation sites is 1. The van der Waals surface area contributed by atoms with Crippen molar-refractivity contribution in [2.24, 2.45) is 5.92 Å². The molecule has 0 spiro atoms. The zero-order valence-electron chi connectivity index (χ0n) is 13.4. The van der Waals surface area contributed by atoms with Gasteiger partial charge in [-0.3, -0.25) is 9.59 Å². The molecule has 0 heterocycles. The first-order valence-corrected chi connectivity index (χ1v) is 7.96. The standard InChI is InChI=1S/C19H19NO4/c1-13(23-19(22)14-7-8-14)18(21)20-15-9-11-17(12-10-15)24-16-5-3-2-4-6-16/h2-6,9-14H,7-8H2,1H3,(H,20,21). The van der Waals surface area contributed by atoms with Crippen LogP contribution in [0.3, 0.4) is 0 Å². The Morgan fingerprint density at radius 3 is 2.25 bits per heavy atom. The molecule has 0 aromatic heterocycles. The van der Waals surface area contributed by atoms with Gasteiger partial charge in [-0.1, -0.05) is 18.2 Å². The SMILES string of the molecule is CC(OC(=O)C1CC1)C(=O)Nc1ccc(Oc2ccccc2)cc1. The van der Waals surface area contributed by atoms with Crippen molar-refractivity contribution in [2.75, 3.05) is 5.32 Å². The second-order valence-corrected chi connectivity index (χ2v) is 5.78. The van der Waals surface area contributed by atoms with Gasteiger partial charge in [0.25, 0.3) is 5.91 Å². The number of hydrogen-bond donors (Lipinski definition) is 1. The second kappa shape index (κ2) is 7.17. The lowest BCUT2D eigenvalue weighted by Crippen LogP contribution is -2.30. The summed E-state index contributed by atoms with van der Waals surface area (Å²) in [5, 5.41) is 2.73. The van der Waals surface area contributed by atoms with Gasteiger partial charge < -0.3 is 14.8 Å². The summed E-state index contributed by atoms with van der Waals surface area (Å²) in [6.45, 7) is 1.57. The molecule has 1 saturated carbocycles. The maximum Gasteiger partial charge on any atom is 0.309 e. The quantitative estimate of drug-likeness (QED) is 0.821. The van der Waals surface area contributed by atoms with E-state index in [4.69, 9.17) is 9.47 Å². The number of hydrogen-bond acceptors (Lipinski definition) is 4. The molecule has 0 saturated heterocycles. The minimum atomic E-state index is -0.807. The highest BCUT2D eigenvalue weighted by molar-refractivity contribution is 5.95. The summed E-state index contributed by atoms with van der Waals surface area (Å²) in [5.41, 5.74) is 0.620. The van der Waals surface area contributed by atoms with Gasteiger partial charge >= 0.3 is 5.97 Å². The van der Waals surface area contributed by atoms with Crippen molar-refractivity contribution in [2.45, 2.75) is 25.9 Å². The predicted octanol–water partition coefficient (Wildman–Crippen LogP) is 3.76. The highest BCUT2D eigenvalue weighted by Crippen LogP contribution is 2.30. The fourth-order valence-corrected chi connectivity index (χ4v) is 2.12. The van der Waals surface area contributed by atoms with E-state index >= 15 is 0 Å². The molecule has 3 rings (SSSR count). The Bertz CT molecular complexity index is 708. The third kappa shape index (κ3) is 4.35. The molecule has 1 atom stereocenters. The Morgan fingerprint density at radius 2 is 1.62 bits per heavy atom. The Morgan fingerprint density at radius 1 is 1.00 bits per heavy atom. The van der Waals surface area contributed by atoms with Gasteiger partial charge in [-0.2, -0.15) is 0 Å². The number of carbonyl (C=O) groups excluding carboxylic acids is 2. The molecule has 124 valence electrons. The molecule has 1 aliphatic carbocycles. The summed E-state index contributed by atoms with van der Waals surface area (Å²) in [7, 11) is 0. The smallest absolute Gasteiger partial charge is 0.309 e. The molecule has 24 heavy (non-hydrogen) atoms. The van der Waals surface area contributed by atoms with Crippen molar-refractivity contribution in [1.29, 1.82) is 0 Å². The summed E-state index contributed by atoms with van der Waals surface area (Å²) in [5.74, 6) is 0.766. The zero-order chi connectivity index (χ0) is 16.9. The van der Waals surface area contributed by atoms with Crippen LogP contribution >= 0.6 is 0 Å². The van der Waals surface area contributed by atoms with Crippen LogP contribution in [0.5, 0.6) is 11.5 Å². The van der Waals surface area contributed by atoms with Crippen molar-refractivity contribution >= 4 is 17.6 Å². The third-order valence-electron chi connectivity index (χ3n) is 3.67. The van der Waals surface area contributed by atoms with E-state index < -0.39 is 6.10 Å². The summed E-state index contributed by atoms with van der Waals surface area (Å²) in [6.07, 6.45) is 0.907. The Balaban J connectivity index is 1.53. The largest absolute Gasteiger partial charge is 0.457 e. The van der Waals surface area contributed by atoms with E-state index in [1.165, 1.54) is 0 Å². The first kappa shape index (κ1) is 16.1. The number of nitrogens with one attached hydrogen (secondary N) is 1. The predicted molar refractivity (Wildman–Crippen MR) is 89.9 cm³/mol. The van der Waals surface area contributed by atoms with Crippen molar-refractivity contribution in [3.63, 3.8) is 0 Å². The number of amides is 1. The van der Waals surface area contributed by atoms with E-state index in [1.807, 2.05) is 30.3 Å². The van der Waals surface area contributed by atoms with Crippen LogP contribution in [0.15, 0.2) is 54.6 Å². The maximum absolute atomic E-state index is 12.0. The van der Waals surface area contributed by atoms with Gasteiger partial charge in [0.1, 0.15) is 11.5 Å². The first-order valence-electron chi connectivity index (χ1n) is 7.96. The van der Waals surface area contributed by atoms with Crippen LogP contribution in [0, 0.1) is 5.92 Å². The Kier molecular flexibility index (Phi) is 4.79.